The maximum absolute atomic E-state index is 9.57. The first kappa shape index (κ1) is 26.0. The molecule has 0 radical (unpaired) electrons. The molecule has 3 aromatic rings. The Bertz CT molecular complexity index is 1120. The number of fused-ring (bicyclic) bond motifs is 1. The Morgan fingerprint density at radius 1 is 1.15 bits per heavy atom. The van der Waals surface area contributed by atoms with Crippen molar-refractivity contribution in [2.75, 3.05) is 23.8 Å². The van der Waals surface area contributed by atoms with Crippen LogP contribution in [0.25, 0.3) is 22.3 Å². The van der Waals surface area contributed by atoms with Gasteiger partial charge in [-0.25, -0.2) is 9.97 Å². The van der Waals surface area contributed by atoms with Gasteiger partial charge in [0.15, 0.2) is 5.58 Å². The lowest BCUT2D eigenvalue weighted by Gasteiger charge is -2.19. The lowest BCUT2D eigenvalue weighted by Crippen LogP contribution is -2.21. The van der Waals surface area contributed by atoms with E-state index in [1.54, 1.807) is 0 Å². The summed E-state index contributed by atoms with van der Waals surface area (Å²) in [7, 11) is 0. The number of nitrogens with zero attached hydrogens (tertiary/aromatic N) is 3. The average Bonchev–Trinajstić information content (AvgIpc) is 3.40. The van der Waals surface area contributed by atoms with Crippen molar-refractivity contribution in [3.05, 3.63) is 23.5 Å². The molecule has 0 bridgehead atoms. The maximum atomic E-state index is 9.57. The van der Waals surface area contributed by atoms with E-state index in [1.807, 2.05) is 32.9 Å². The third-order valence-corrected chi connectivity index (χ3v) is 6.40. The Morgan fingerprint density at radius 2 is 1.94 bits per heavy atom. The van der Waals surface area contributed by atoms with Gasteiger partial charge in [0, 0.05) is 30.1 Å². The van der Waals surface area contributed by atoms with Gasteiger partial charge in [0.25, 0.3) is 0 Å². The molecular weight excluding hydrogens is 454 g/mol. The highest BCUT2D eigenvalue weighted by molar-refractivity contribution is 5.88. The smallest absolute Gasteiger partial charge is 0.225 e. The Kier molecular flexibility index (Phi) is 8.60. The molecule has 1 fully saturated rings. The summed E-state index contributed by atoms with van der Waals surface area (Å²) >= 11 is 0. The zero-order valence-corrected chi connectivity index (χ0v) is 21.5. The Hall–Kier alpha value is -2.58. The fraction of sp³-hybridized carbons (Fsp3) is 0.560. The molecule has 186 valence electrons. The molecule has 3 aromatic heterocycles. The van der Waals surface area contributed by atoms with Crippen LogP contribution in [0.15, 0.2) is 16.5 Å². The molecule has 0 spiro atoms. The number of halogens is 1. The van der Waals surface area contributed by atoms with E-state index in [0.29, 0.717) is 30.1 Å². The van der Waals surface area contributed by atoms with Crippen molar-refractivity contribution in [1.82, 2.24) is 15.0 Å². The van der Waals surface area contributed by atoms with Crippen molar-refractivity contribution in [2.24, 2.45) is 5.92 Å². The highest BCUT2D eigenvalue weighted by Gasteiger charge is 2.27. The fourth-order valence-corrected chi connectivity index (χ4v) is 4.45. The fourth-order valence-electron chi connectivity index (χ4n) is 4.45. The molecule has 34 heavy (non-hydrogen) atoms. The second-order valence-corrected chi connectivity index (χ2v) is 9.02. The number of nitrogens with one attached hydrogen (secondary N) is 2. The standard InChI is InChI=1S/C25H35N5O3.ClH/c1-6-14(3)26-25-28-15(4)22(24(30-25)29-19-9-8-17(10-19)13-31)20-11-18-12-21(32-7-2)27-16(5)23(18)33-20;/h11-12,14,17,19,31H,6-10,13H2,1-5H3,(H2,26,28,29,30);1H. The molecule has 1 aliphatic rings. The van der Waals surface area contributed by atoms with Gasteiger partial charge in [-0.15, -0.1) is 12.4 Å². The van der Waals surface area contributed by atoms with Crippen LogP contribution >= 0.6 is 12.4 Å². The molecule has 9 heteroatoms. The van der Waals surface area contributed by atoms with Gasteiger partial charge in [-0.05, 0) is 65.4 Å². The van der Waals surface area contributed by atoms with Crippen molar-refractivity contribution in [3.8, 4) is 17.2 Å². The lowest BCUT2D eigenvalue weighted by molar-refractivity contribution is 0.229. The molecule has 3 N–H and O–H groups in total. The molecule has 0 aliphatic heterocycles. The summed E-state index contributed by atoms with van der Waals surface area (Å²) in [5.74, 6) is 3.00. The first-order chi connectivity index (χ1) is 15.9. The highest BCUT2D eigenvalue weighted by atomic mass is 35.5. The quantitative estimate of drug-likeness (QED) is 0.361. The molecule has 4 rings (SSSR count). The topological polar surface area (TPSA) is 105 Å². The highest BCUT2D eigenvalue weighted by Crippen LogP contribution is 2.38. The third-order valence-electron chi connectivity index (χ3n) is 6.40. The van der Waals surface area contributed by atoms with Gasteiger partial charge in [0.2, 0.25) is 11.8 Å². The van der Waals surface area contributed by atoms with Crippen LogP contribution in [0, 0.1) is 19.8 Å². The molecule has 1 saturated carbocycles. The van der Waals surface area contributed by atoms with Crippen LogP contribution in [-0.4, -0.2) is 45.4 Å². The number of aryl methyl sites for hydroxylation is 2. The number of furan rings is 1. The number of anilines is 2. The first-order valence-corrected chi connectivity index (χ1v) is 12.0. The van der Waals surface area contributed by atoms with Gasteiger partial charge < -0.3 is 24.9 Å². The van der Waals surface area contributed by atoms with Gasteiger partial charge in [-0.1, -0.05) is 6.92 Å². The van der Waals surface area contributed by atoms with Gasteiger partial charge in [0.05, 0.1) is 23.6 Å². The van der Waals surface area contributed by atoms with E-state index >= 15 is 0 Å². The van der Waals surface area contributed by atoms with Crippen molar-refractivity contribution in [2.45, 2.75) is 72.4 Å². The first-order valence-electron chi connectivity index (χ1n) is 12.0. The number of hydrogen-bond donors (Lipinski definition) is 3. The second kappa shape index (κ2) is 11.2. The summed E-state index contributed by atoms with van der Waals surface area (Å²) in [5.41, 5.74) is 3.21. The zero-order valence-electron chi connectivity index (χ0n) is 20.6. The number of hydrogen-bond acceptors (Lipinski definition) is 8. The summed E-state index contributed by atoms with van der Waals surface area (Å²) in [6, 6.07) is 4.44. The molecule has 8 nitrogen and oxygen atoms in total. The molecule has 3 heterocycles. The van der Waals surface area contributed by atoms with Crippen LogP contribution < -0.4 is 15.4 Å². The minimum absolute atomic E-state index is 0. The summed E-state index contributed by atoms with van der Waals surface area (Å²) < 4.78 is 11.9. The number of rotatable bonds is 9. The average molecular weight is 490 g/mol. The van der Waals surface area contributed by atoms with E-state index in [1.165, 1.54) is 0 Å². The summed E-state index contributed by atoms with van der Waals surface area (Å²) in [6.45, 7) is 10.9. The van der Waals surface area contributed by atoms with Crippen molar-refractivity contribution in [1.29, 1.82) is 0 Å². The molecule has 3 unspecified atom stereocenters. The molecule has 1 aliphatic carbocycles. The maximum Gasteiger partial charge on any atom is 0.225 e. The SMILES string of the molecule is CCOc1cc2cc(-c3c(C)nc(NC(C)CC)nc3NC3CCC(CO)C3)oc2c(C)n1.Cl. The molecular formula is C25H36ClN5O3. The Balaban J connectivity index is 0.00000324. The summed E-state index contributed by atoms with van der Waals surface area (Å²) in [4.78, 5) is 14.1. The predicted molar refractivity (Wildman–Crippen MR) is 138 cm³/mol. The number of aliphatic hydroxyl groups is 1. The molecule has 0 amide bonds. The summed E-state index contributed by atoms with van der Waals surface area (Å²) in [6.07, 6.45) is 3.92. The van der Waals surface area contributed by atoms with E-state index < -0.39 is 0 Å². The van der Waals surface area contributed by atoms with Gasteiger partial charge in [0.1, 0.15) is 11.6 Å². The second-order valence-electron chi connectivity index (χ2n) is 9.02. The van der Waals surface area contributed by atoms with Crippen LogP contribution in [0.1, 0.15) is 57.8 Å². The lowest BCUT2D eigenvalue weighted by atomic mass is 10.1. The number of ether oxygens (including phenoxy) is 1. The summed E-state index contributed by atoms with van der Waals surface area (Å²) in [5, 5.41) is 17.5. The van der Waals surface area contributed by atoms with E-state index in [9.17, 15) is 5.11 Å². The van der Waals surface area contributed by atoms with Crippen molar-refractivity contribution in [3.63, 3.8) is 0 Å². The third kappa shape index (κ3) is 5.55. The largest absolute Gasteiger partial charge is 0.478 e. The number of aromatic nitrogens is 3. The Labute approximate surface area is 207 Å². The molecule has 3 atom stereocenters. The van der Waals surface area contributed by atoms with E-state index in [0.717, 1.165) is 59.4 Å². The van der Waals surface area contributed by atoms with E-state index in [4.69, 9.17) is 19.1 Å². The van der Waals surface area contributed by atoms with Gasteiger partial charge >= 0.3 is 0 Å². The zero-order chi connectivity index (χ0) is 23.5. The van der Waals surface area contributed by atoms with E-state index in [-0.39, 0.29) is 31.1 Å². The monoisotopic (exact) mass is 489 g/mol. The van der Waals surface area contributed by atoms with Crippen LogP contribution in [0.5, 0.6) is 5.88 Å². The predicted octanol–water partition coefficient (Wildman–Crippen LogP) is 5.51. The number of aliphatic hydroxyl groups excluding tert-OH is 1. The Morgan fingerprint density at radius 3 is 2.62 bits per heavy atom. The molecule has 0 saturated heterocycles. The van der Waals surface area contributed by atoms with Crippen molar-refractivity contribution >= 4 is 35.1 Å². The molecule has 0 aromatic carbocycles. The van der Waals surface area contributed by atoms with Gasteiger partial charge in [-0.3, -0.25) is 0 Å². The minimum atomic E-state index is 0. The normalized spacial score (nSPS) is 18.5. The van der Waals surface area contributed by atoms with E-state index in [2.05, 4.69) is 29.5 Å². The van der Waals surface area contributed by atoms with Crippen LogP contribution in [0.3, 0.4) is 0 Å². The minimum Gasteiger partial charge on any atom is -0.478 e. The van der Waals surface area contributed by atoms with Crippen LogP contribution in [-0.2, 0) is 0 Å². The van der Waals surface area contributed by atoms with Crippen molar-refractivity contribution < 1.29 is 14.3 Å². The van der Waals surface area contributed by atoms with Crippen LogP contribution in [0.2, 0.25) is 0 Å². The van der Waals surface area contributed by atoms with Gasteiger partial charge in [-0.2, -0.15) is 4.98 Å². The van der Waals surface area contributed by atoms with Crippen LogP contribution in [0.4, 0.5) is 11.8 Å². The number of pyridine rings is 1.